The van der Waals surface area contributed by atoms with E-state index in [9.17, 15) is 8.78 Å². The van der Waals surface area contributed by atoms with Gasteiger partial charge in [-0.05, 0) is 31.0 Å². The average Bonchev–Trinajstić information content (AvgIpc) is 2.16. The fraction of sp³-hybridized carbons (Fsp3) is 0.455. The Morgan fingerprint density at radius 3 is 2.73 bits per heavy atom. The Hall–Kier alpha value is -1.00. The average molecular weight is 212 g/mol. The molecule has 1 aromatic carbocycles. The third-order valence-corrected chi connectivity index (χ3v) is 2.76. The van der Waals surface area contributed by atoms with Crippen LogP contribution in [-0.2, 0) is 6.54 Å². The molecule has 15 heavy (non-hydrogen) atoms. The van der Waals surface area contributed by atoms with Gasteiger partial charge < -0.3 is 11.1 Å². The summed E-state index contributed by atoms with van der Waals surface area (Å²) in [6.45, 7) is 0.362. The summed E-state index contributed by atoms with van der Waals surface area (Å²) in [5.41, 5.74) is 5.99. The first-order chi connectivity index (χ1) is 7.15. The molecule has 0 bridgehead atoms. The Bertz CT molecular complexity index is 348. The first-order valence-corrected chi connectivity index (χ1v) is 5.08. The minimum Gasteiger partial charge on any atom is -0.328 e. The largest absolute Gasteiger partial charge is 0.328 e. The van der Waals surface area contributed by atoms with E-state index < -0.39 is 5.82 Å². The lowest BCUT2D eigenvalue weighted by molar-refractivity contribution is 0.289. The Labute approximate surface area is 87.5 Å². The third-order valence-electron chi connectivity index (χ3n) is 2.76. The predicted octanol–water partition coefficient (Wildman–Crippen LogP) is 1.54. The molecule has 1 aliphatic carbocycles. The van der Waals surface area contributed by atoms with Gasteiger partial charge in [-0.3, -0.25) is 0 Å². The van der Waals surface area contributed by atoms with Gasteiger partial charge >= 0.3 is 0 Å². The van der Waals surface area contributed by atoms with E-state index in [0.717, 1.165) is 25.0 Å². The van der Waals surface area contributed by atoms with Crippen molar-refractivity contribution in [2.45, 2.75) is 31.5 Å². The van der Waals surface area contributed by atoms with E-state index in [2.05, 4.69) is 5.32 Å². The first-order valence-electron chi connectivity index (χ1n) is 5.08. The number of hydrogen-bond donors (Lipinski definition) is 2. The van der Waals surface area contributed by atoms with Crippen molar-refractivity contribution in [2.75, 3.05) is 0 Å². The molecule has 1 saturated carbocycles. The van der Waals surface area contributed by atoms with Crippen molar-refractivity contribution in [3.8, 4) is 0 Å². The maximum Gasteiger partial charge on any atom is 0.127 e. The SMILES string of the molecule is NC1CC(NCc2cc(F)ccc2F)C1. The van der Waals surface area contributed by atoms with Crippen LogP contribution in [0.4, 0.5) is 8.78 Å². The highest BCUT2D eigenvalue weighted by Gasteiger charge is 2.25. The zero-order chi connectivity index (χ0) is 10.8. The Morgan fingerprint density at radius 2 is 2.07 bits per heavy atom. The van der Waals surface area contributed by atoms with Crippen LogP contribution in [0.3, 0.4) is 0 Å². The molecule has 0 saturated heterocycles. The van der Waals surface area contributed by atoms with Crippen LogP contribution in [0.5, 0.6) is 0 Å². The smallest absolute Gasteiger partial charge is 0.127 e. The fourth-order valence-corrected chi connectivity index (χ4v) is 1.76. The van der Waals surface area contributed by atoms with E-state index in [1.54, 1.807) is 0 Å². The lowest BCUT2D eigenvalue weighted by atomic mass is 9.87. The van der Waals surface area contributed by atoms with Crippen molar-refractivity contribution < 1.29 is 8.78 Å². The lowest BCUT2D eigenvalue weighted by Crippen LogP contribution is -2.48. The van der Waals surface area contributed by atoms with Crippen molar-refractivity contribution in [2.24, 2.45) is 5.73 Å². The standard InChI is InChI=1S/C11H14F2N2/c12-8-1-2-11(13)7(3-8)6-15-10-4-9(14)5-10/h1-3,9-10,15H,4-6,14H2. The summed E-state index contributed by atoms with van der Waals surface area (Å²) in [6.07, 6.45) is 1.83. The zero-order valence-electron chi connectivity index (χ0n) is 8.34. The van der Waals surface area contributed by atoms with Gasteiger partial charge in [-0.15, -0.1) is 0 Å². The topological polar surface area (TPSA) is 38.0 Å². The van der Waals surface area contributed by atoms with E-state index in [-0.39, 0.29) is 11.9 Å². The van der Waals surface area contributed by atoms with Gasteiger partial charge in [0.2, 0.25) is 0 Å². The highest BCUT2D eigenvalue weighted by Crippen LogP contribution is 2.18. The summed E-state index contributed by atoms with van der Waals surface area (Å²) in [7, 11) is 0. The minimum absolute atomic E-state index is 0.264. The molecule has 1 fully saturated rings. The molecule has 2 nitrogen and oxygen atoms in total. The molecule has 0 spiro atoms. The van der Waals surface area contributed by atoms with Crippen LogP contribution in [0.1, 0.15) is 18.4 Å². The summed E-state index contributed by atoms with van der Waals surface area (Å²) < 4.78 is 26.0. The molecule has 0 radical (unpaired) electrons. The van der Waals surface area contributed by atoms with Crippen molar-refractivity contribution in [1.29, 1.82) is 0 Å². The second-order valence-electron chi connectivity index (χ2n) is 4.05. The van der Waals surface area contributed by atoms with Crippen molar-refractivity contribution in [1.82, 2.24) is 5.32 Å². The molecule has 1 aliphatic rings. The van der Waals surface area contributed by atoms with Crippen molar-refractivity contribution in [3.63, 3.8) is 0 Å². The van der Waals surface area contributed by atoms with Crippen LogP contribution < -0.4 is 11.1 Å². The molecule has 2 rings (SSSR count). The Balaban J connectivity index is 1.90. The number of rotatable bonds is 3. The van der Waals surface area contributed by atoms with Gasteiger partial charge in [0.25, 0.3) is 0 Å². The normalized spacial score (nSPS) is 25.0. The molecular weight excluding hydrogens is 198 g/mol. The van der Waals surface area contributed by atoms with Gasteiger partial charge in [0.1, 0.15) is 11.6 Å². The van der Waals surface area contributed by atoms with Gasteiger partial charge in [0.05, 0.1) is 0 Å². The highest BCUT2D eigenvalue weighted by molar-refractivity contribution is 5.18. The van der Waals surface area contributed by atoms with Crippen LogP contribution in [0.15, 0.2) is 18.2 Å². The zero-order valence-corrected chi connectivity index (χ0v) is 8.34. The molecule has 4 heteroatoms. The molecule has 0 atom stereocenters. The maximum absolute atomic E-state index is 13.2. The summed E-state index contributed by atoms with van der Waals surface area (Å²) >= 11 is 0. The third kappa shape index (κ3) is 2.52. The van der Waals surface area contributed by atoms with Crippen LogP contribution in [0.25, 0.3) is 0 Å². The Kier molecular flexibility index (Phi) is 2.98. The Morgan fingerprint density at radius 1 is 1.33 bits per heavy atom. The molecule has 3 N–H and O–H groups in total. The van der Waals surface area contributed by atoms with Crippen molar-refractivity contribution in [3.05, 3.63) is 35.4 Å². The molecule has 0 unspecified atom stereocenters. The molecule has 0 amide bonds. The second-order valence-corrected chi connectivity index (χ2v) is 4.05. The van der Waals surface area contributed by atoms with Crippen LogP contribution in [0.2, 0.25) is 0 Å². The molecular formula is C11H14F2N2. The van der Waals surface area contributed by atoms with E-state index in [4.69, 9.17) is 5.73 Å². The van der Waals surface area contributed by atoms with E-state index in [1.165, 1.54) is 6.07 Å². The number of benzene rings is 1. The molecule has 82 valence electrons. The summed E-state index contributed by atoms with van der Waals surface area (Å²) in [4.78, 5) is 0. The number of halogens is 2. The summed E-state index contributed by atoms with van der Waals surface area (Å²) in [6, 6.07) is 4.11. The van der Waals surface area contributed by atoms with Crippen LogP contribution in [-0.4, -0.2) is 12.1 Å². The van der Waals surface area contributed by atoms with Gasteiger partial charge in [-0.2, -0.15) is 0 Å². The summed E-state index contributed by atoms with van der Waals surface area (Å²) in [5, 5.41) is 3.15. The fourth-order valence-electron chi connectivity index (χ4n) is 1.76. The second kappa shape index (κ2) is 4.24. The molecule has 0 aromatic heterocycles. The van der Waals surface area contributed by atoms with Crippen LogP contribution in [0, 0.1) is 11.6 Å². The van der Waals surface area contributed by atoms with Gasteiger partial charge in [0.15, 0.2) is 0 Å². The lowest BCUT2D eigenvalue weighted by Gasteiger charge is -2.33. The maximum atomic E-state index is 13.2. The predicted molar refractivity (Wildman–Crippen MR) is 54.2 cm³/mol. The minimum atomic E-state index is -0.404. The van der Waals surface area contributed by atoms with Gasteiger partial charge in [0, 0.05) is 24.2 Å². The first kappa shape index (κ1) is 10.5. The van der Waals surface area contributed by atoms with Crippen molar-refractivity contribution >= 4 is 0 Å². The van der Waals surface area contributed by atoms with Gasteiger partial charge in [-0.25, -0.2) is 8.78 Å². The highest BCUT2D eigenvalue weighted by atomic mass is 19.1. The van der Waals surface area contributed by atoms with E-state index in [0.29, 0.717) is 18.2 Å². The van der Waals surface area contributed by atoms with E-state index >= 15 is 0 Å². The molecule has 0 aliphatic heterocycles. The number of nitrogens with one attached hydrogen (secondary N) is 1. The number of nitrogens with two attached hydrogens (primary N) is 1. The quantitative estimate of drug-likeness (QED) is 0.797. The number of hydrogen-bond acceptors (Lipinski definition) is 2. The molecule has 0 heterocycles. The van der Waals surface area contributed by atoms with Gasteiger partial charge in [-0.1, -0.05) is 0 Å². The van der Waals surface area contributed by atoms with Crippen LogP contribution >= 0.6 is 0 Å². The van der Waals surface area contributed by atoms with E-state index in [1.807, 2.05) is 0 Å². The monoisotopic (exact) mass is 212 g/mol. The molecule has 1 aromatic rings. The summed E-state index contributed by atoms with van der Waals surface area (Å²) in [5.74, 6) is -0.772.